The van der Waals surface area contributed by atoms with Crippen molar-refractivity contribution in [3.05, 3.63) is 64.4 Å². The molecule has 71 valence electrons. The molecule has 15 heavy (non-hydrogen) atoms. The van der Waals surface area contributed by atoms with Crippen LogP contribution in [0.2, 0.25) is 0 Å². The lowest BCUT2D eigenvalue weighted by molar-refractivity contribution is 1.05. The van der Waals surface area contributed by atoms with Crippen LogP contribution >= 0.6 is 0 Å². The molecule has 1 atom stereocenters. The van der Waals surface area contributed by atoms with Gasteiger partial charge in [-0.1, -0.05) is 53.8 Å². The zero-order valence-corrected chi connectivity index (χ0v) is 9.40. The van der Waals surface area contributed by atoms with E-state index in [1.807, 2.05) is 0 Å². The Balaban J connectivity index is 2.05. The highest BCUT2D eigenvalue weighted by atomic mass is 28.1. The van der Waals surface area contributed by atoms with Crippen molar-refractivity contribution in [2.45, 2.75) is 12.3 Å². The number of fused-ring (bicyclic) bond motifs is 1. The first-order valence-electron chi connectivity index (χ1n) is 5.25. The molecule has 0 saturated heterocycles. The summed E-state index contributed by atoms with van der Waals surface area (Å²) >= 11 is 0. The van der Waals surface area contributed by atoms with E-state index < -0.39 is 0 Å². The second-order valence-corrected chi connectivity index (χ2v) is 4.52. The maximum Gasteiger partial charge on any atom is 0.0711 e. The predicted octanol–water partition coefficient (Wildman–Crippen LogP) is 3.18. The third-order valence-corrected chi connectivity index (χ3v) is 3.60. The van der Waals surface area contributed by atoms with Gasteiger partial charge in [-0.25, -0.2) is 0 Å². The van der Waals surface area contributed by atoms with Crippen LogP contribution in [0.3, 0.4) is 0 Å². The molecule has 1 aromatic rings. The molecule has 0 amide bonds. The van der Waals surface area contributed by atoms with Crippen LogP contribution in [0.5, 0.6) is 0 Å². The van der Waals surface area contributed by atoms with Crippen molar-refractivity contribution >= 4 is 16.3 Å². The van der Waals surface area contributed by atoms with Gasteiger partial charge in [0.2, 0.25) is 0 Å². The molecular formula is C14H11Si. The van der Waals surface area contributed by atoms with Gasteiger partial charge in [-0.2, -0.15) is 0 Å². The minimum Gasteiger partial charge on any atom is -0.0820 e. The Kier molecular flexibility index (Phi) is 1.99. The second-order valence-electron chi connectivity index (χ2n) is 3.98. The second kappa shape index (κ2) is 3.35. The number of hydrogen-bond donors (Lipinski definition) is 0. The molecule has 2 aliphatic rings. The third-order valence-electron chi connectivity index (χ3n) is 3.11. The number of rotatable bonds is 1. The van der Waals surface area contributed by atoms with E-state index in [0.29, 0.717) is 5.92 Å². The van der Waals surface area contributed by atoms with E-state index in [2.05, 4.69) is 58.8 Å². The van der Waals surface area contributed by atoms with Crippen molar-refractivity contribution in [1.29, 1.82) is 0 Å². The monoisotopic (exact) mass is 207 g/mol. The average molecular weight is 207 g/mol. The Labute approximate surface area is 93.4 Å². The van der Waals surface area contributed by atoms with E-state index in [0.717, 1.165) is 6.42 Å². The van der Waals surface area contributed by atoms with Crippen LogP contribution in [0.1, 0.15) is 23.5 Å². The zero-order valence-electron chi connectivity index (χ0n) is 8.40. The Morgan fingerprint density at radius 3 is 2.80 bits per heavy atom. The van der Waals surface area contributed by atoms with Crippen LogP contribution in [0.15, 0.2) is 53.3 Å². The van der Waals surface area contributed by atoms with Crippen LogP contribution in [-0.2, 0) is 0 Å². The van der Waals surface area contributed by atoms with Gasteiger partial charge in [0.25, 0.3) is 0 Å². The number of hydrogen-bond acceptors (Lipinski definition) is 0. The standard InChI is InChI=1S/C14H11Si/c15-14-7-3-6-13(14)12-9-8-10-4-1-2-5-11(10)12/h1-2,4-9,12H,3H2. The van der Waals surface area contributed by atoms with Crippen molar-refractivity contribution in [3.63, 3.8) is 0 Å². The molecule has 0 aromatic heterocycles. The van der Waals surface area contributed by atoms with Crippen molar-refractivity contribution in [3.8, 4) is 0 Å². The molecule has 3 rings (SSSR count). The van der Waals surface area contributed by atoms with Crippen LogP contribution in [-0.4, -0.2) is 10.2 Å². The molecule has 0 spiro atoms. The van der Waals surface area contributed by atoms with Crippen molar-refractivity contribution in [1.82, 2.24) is 0 Å². The fourth-order valence-electron chi connectivity index (χ4n) is 2.35. The van der Waals surface area contributed by atoms with E-state index in [-0.39, 0.29) is 0 Å². The highest BCUT2D eigenvalue weighted by Gasteiger charge is 2.22. The summed E-state index contributed by atoms with van der Waals surface area (Å²) in [6.45, 7) is 0. The molecule has 3 radical (unpaired) electrons. The maximum absolute atomic E-state index is 3.68. The molecule has 0 heterocycles. The van der Waals surface area contributed by atoms with Crippen LogP contribution in [0.25, 0.3) is 6.08 Å². The Morgan fingerprint density at radius 2 is 2.00 bits per heavy atom. The van der Waals surface area contributed by atoms with E-state index in [9.17, 15) is 0 Å². The Morgan fingerprint density at radius 1 is 1.13 bits per heavy atom. The van der Waals surface area contributed by atoms with E-state index in [4.69, 9.17) is 0 Å². The highest BCUT2D eigenvalue weighted by Crippen LogP contribution is 2.39. The summed E-state index contributed by atoms with van der Waals surface area (Å²) in [6, 6.07) is 8.61. The van der Waals surface area contributed by atoms with Crippen molar-refractivity contribution < 1.29 is 0 Å². The van der Waals surface area contributed by atoms with Gasteiger partial charge in [-0.15, -0.1) is 0 Å². The minimum absolute atomic E-state index is 0.451. The lowest BCUT2D eigenvalue weighted by atomic mass is 9.93. The Hall–Kier alpha value is -1.34. The largest absolute Gasteiger partial charge is 0.0820 e. The molecule has 0 fully saturated rings. The quantitative estimate of drug-likeness (QED) is 0.620. The molecule has 1 aromatic carbocycles. The lowest BCUT2D eigenvalue weighted by Crippen LogP contribution is -1.98. The fraction of sp³-hybridized carbons (Fsp3) is 0.143. The topological polar surface area (TPSA) is 0 Å². The molecule has 0 saturated carbocycles. The molecule has 2 aliphatic carbocycles. The first-order chi connectivity index (χ1) is 7.36. The molecule has 0 bridgehead atoms. The van der Waals surface area contributed by atoms with Gasteiger partial charge < -0.3 is 0 Å². The van der Waals surface area contributed by atoms with Gasteiger partial charge in [0, 0.05) is 5.92 Å². The first kappa shape index (κ1) is 8.92. The van der Waals surface area contributed by atoms with Gasteiger partial charge in [0.15, 0.2) is 0 Å². The summed E-state index contributed by atoms with van der Waals surface area (Å²) in [5.41, 5.74) is 4.19. The maximum atomic E-state index is 3.68. The summed E-state index contributed by atoms with van der Waals surface area (Å²) < 4.78 is 0. The number of benzene rings is 1. The van der Waals surface area contributed by atoms with E-state index in [1.165, 1.54) is 21.9 Å². The van der Waals surface area contributed by atoms with E-state index in [1.54, 1.807) is 0 Å². The van der Waals surface area contributed by atoms with Gasteiger partial charge in [-0.3, -0.25) is 0 Å². The summed E-state index contributed by atoms with van der Waals surface area (Å²) in [4.78, 5) is 0. The zero-order chi connectivity index (χ0) is 10.3. The SMILES string of the molecule is [Si]C1=CCC=C1C1C=Cc2ccccc21. The summed E-state index contributed by atoms with van der Waals surface area (Å²) in [5, 5.41) is 1.25. The van der Waals surface area contributed by atoms with Crippen molar-refractivity contribution in [2.24, 2.45) is 0 Å². The third kappa shape index (κ3) is 1.35. The molecule has 0 aliphatic heterocycles. The van der Waals surface area contributed by atoms with Gasteiger partial charge in [0.1, 0.15) is 0 Å². The molecular weight excluding hydrogens is 196 g/mol. The van der Waals surface area contributed by atoms with Crippen LogP contribution in [0, 0.1) is 0 Å². The fourth-order valence-corrected chi connectivity index (χ4v) is 2.72. The van der Waals surface area contributed by atoms with Crippen LogP contribution in [0.4, 0.5) is 0 Å². The average Bonchev–Trinajstić information content (AvgIpc) is 2.83. The van der Waals surface area contributed by atoms with Crippen molar-refractivity contribution in [2.75, 3.05) is 0 Å². The first-order valence-corrected chi connectivity index (χ1v) is 5.75. The van der Waals surface area contributed by atoms with Gasteiger partial charge >= 0.3 is 0 Å². The lowest BCUT2D eigenvalue weighted by Gasteiger charge is -2.13. The summed E-state index contributed by atoms with van der Waals surface area (Å²) in [5.74, 6) is 0.451. The smallest absolute Gasteiger partial charge is 0.0711 e. The normalized spacial score (nSPS) is 22.6. The van der Waals surface area contributed by atoms with Crippen LogP contribution < -0.4 is 0 Å². The number of allylic oxidation sites excluding steroid dienone is 5. The minimum atomic E-state index is 0.451. The van der Waals surface area contributed by atoms with E-state index >= 15 is 0 Å². The highest BCUT2D eigenvalue weighted by molar-refractivity contribution is 6.25. The van der Waals surface area contributed by atoms with Gasteiger partial charge in [-0.05, 0) is 23.1 Å². The van der Waals surface area contributed by atoms with Gasteiger partial charge in [0.05, 0.1) is 10.2 Å². The summed E-state index contributed by atoms with van der Waals surface area (Å²) in [7, 11) is 3.68. The molecule has 1 heteroatoms. The summed E-state index contributed by atoms with van der Waals surface area (Å²) in [6.07, 6.45) is 10.1. The molecule has 0 N–H and O–H groups in total. The predicted molar refractivity (Wildman–Crippen MR) is 64.8 cm³/mol. The molecule has 0 nitrogen and oxygen atoms in total. The molecule has 1 unspecified atom stereocenters. The Bertz CT molecular complexity index is 492.